The number of rotatable bonds is 11. The zero-order chi connectivity index (χ0) is 34.8. The lowest BCUT2D eigenvalue weighted by Crippen LogP contribution is -2.45. The van der Waals surface area contributed by atoms with E-state index < -0.39 is 12.0 Å². The standard InChI is InChI=1S/C39H47N7O4/c1-3-46-35-25-45(24-34(35)41-37(46)36(40)47)21-26-13-15-28(16-14-26)38(48)43(2)17-18-44-22-29-19-31(20-30(29)23-44)50-39(49)42-33-12-8-7-11-32(33)27-9-5-4-6-10-27/h4-16,29-31,34-35H,3,17-25H2,1-2H3,(H2,40,47)(H,42,49). The van der Waals surface area contributed by atoms with Crippen LogP contribution in [0, 0.1) is 11.8 Å². The van der Waals surface area contributed by atoms with Gasteiger partial charge in [-0.05, 0) is 60.9 Å². The molecule has 11 nitrogen and oxygen atoms in total. The van der Waals surface area contributed by atoms with Crippen molar-refractivity contribution in [3.05, 3.63) is 90.0 Å². The molecule has 3 aromatic carbocycles. The molecule has 0 radical (unpaired) electrons. The zero-order valence-electron chi connectivity index (χ0n) is 28.9. The van der Waals surface area contributed by atoms with Crippen LogP contribution in [0.15, 0.2) is 83.9 Å². The highest BCUT2D eigenvalue weighted by molar-refractivity contribution is 6.37. The van der Waals surface area contributed by atoms with Crippen molar-refractivity contribution in [3.63, 3.8) is 0 Å². The van der Waals surface area contributed by atoms with E-state index in [2.05, 4.69) is 20.1 Å². The van der Waals surface area contributed by atoms with Crippen LogP contribution in [0.3, 0.4) is 0 Å². The van der Waals surface area contributed by atoms with Gasteiger partial charge in [-0.3, -0.25) is 24.8 Å². The summed E-state index contributed by atoms with van der Waals surface area (Å²) in [6, 6.07) is 26.0. The first-order valence-electron chi connectivity index (χ1n) is 17.8. The highest BCUT2D eigenvalue weighted by atomic mass is 16.6. The van der Waals surface area contributed by atoms with Crippen LogP contribution in [0.5, 0.6) is 0 Å². The molecule has 50 heavy (non-hydrogen) atoms. The van der Waals surface area contributed by atoms with E-state index >= 15 is 0 Å². The van der Waals surface area contributed by atoms with Gasteiger partial charge in [-0.1, -0.05) is 60.7 Å². The third-order valence-corrected chi connectivity index (χ3v) is 10.9. The Bertz CT molecular complexity index is 1720. The Morgan fingerprint density at radius 3 is 2.30 bits per heavy atom. The van der Waals surface area contributed by atoms with Crippen LogP contribution in [0.4, 0.5) is 10.5 Å². The number of nitrogens with one attached hydrogen (secondary N) is 1. The van der Waals surface area contributed by atoms with E-state index in [0.717, 1.165) is 74.5 Å². The normalized spacial score (nSPS) is 24.5. The first-order valence-corrected chi connectivity index (χ1v) is 17.8. The number of carbonyl (C=O) groups excluding carboxylic acids is 3. The van der Waals surface area contributed by atoms with E-state index in [1.54, 1.807) is 0 Å². The van der Waals surface area contributed by atoms with Gasteiger partial charge >= 0.3 is 6.09 Å². The predicted octanol–water partition coefficient (Wildman–Crippen LogP) is 4.16. The highest BCUT2D eigenvalue weighted by Gasteiger charge is 2.44. The molecule has 2 saturated heterocycles. The molecule has 4 unspecified atom stereocenters. The summed E-state index contributed by atoms with van der Waals surface area (Å²) in [4.78, 5) is 51.1. The maximum Gasteiger partial charge on any atom is 0.411 e. The van der Waals surface area contributed by atoms with Crippen molar-refractivity contribution >= 4 is 29.4 Å². The summed E-state index contributed by atoms with van der Waals surface area (Å²) in [5.41, 5.74) is 10.1. The molecular weight excluding hydrogens is 630 g/mol. The molecule has 0 aromatic heterocycles. The second-order valence-corrected chi connectivity index (χ2v) is 14.2. The van der Waals surface area contributed by atoms with Crippen LogP contribution in [-0.2, 0) is 16.1 Å². The number of aliphatic imine (C=N–C) groups is 1. The number of ether oxygens (including phenoxy) is 1. The summed E-state index contributed by atoms with van der Waals surface area (Å²) in [6.45, 7) is 8.51. The van der Waals surface area contributed by atoms with Crippen molar-refractivity contribution in [1.29, 1.82) is 0 Å². The number of amides is 3. The van der Waals surface area contributed by atoms with Crippen molar-refractivity contribution in [2.75, 3.05) is 58.2 Å². The molecule has 3 amide bonds. The molecule has 7 rings (SSSR count). The topological polar surface area (TPSA) is 124 Å². The molecule has 3 aliphatic heterocycles. The largest absolute Gasteiger partial charge is 0.446 e. The number of nitrogens with two attached hydrogens (primary N) is 1. The fourth-order valence-electron chi connectivity index (χ4n) is 8.38. The zero-order valence-corrected chi connectivity index (χ0v) is 28.9. The Morgan fingerprint density at radius 2 is 1.60 bits per heavy atom. The van der Waals surface area contributed by atoms with E-state index in [1.165, 1.54) is 0 Å². The predicted molar refractivity (Wildman–Crippen MR) is 194 cm³/mol. The maximum absolute atomic E-state index is 13.3. The van der Waals surface area contributed by atoms with Gasteiger partial charge < -0.3 is 25.2 Å². The Labute approximate surface area is 294 Å². The molecule has 3 N–H and O–H groups in total. The number of primary amides is 1. The average Bonchev–Trinajstić information content (AvgIpc) is 3.87. The number of para-hydroxylation sites is 1. The Hall–Kier alpha value is -4.74. The van der Waals surface area contributed by atoms with Gasteiger partial charge in [0, 0.05) is 70.5 Å². The minimum atomic E-state index is -0.454. The van der Waals surface area contributed by atoms with Crippen molar-refractivity contribution < 1.29 is 19.1 Å². The van der Waals surface area contributed by atoms with Gasteiger partial charge in [0.15, 0.2) is 5.84 Å². The summed E-state index contributed by atoms with van der Waals surface area (Å²) in [5.74, 6) is 0.964. The summed E-state index contributed by atoms with van der Waals surface area (Å²) in [6.07, 6.45) is 1.25. The minimum absolute atomic E-state index is 0.0202. The molecule has 4 aliphatic rings. The minimum Gasteiger partial charge on any atom is -0.446 e. The molecule has 0 bridgehead atoms. The monoisotopic (exact) mass is 677 g/mol. The Kier molecular flexibility index (Phi) is 9.87. The van der Waals surface area contributed by atoms with Crippen LogP contribution in [0.1, 0.15) is 35.7 Å². The van der Waals surface area contributed by atoms with Gasteiger partial charge in [-0.25, -0.2) is 4.79 Å². The first-order chi connectivity index (χ1) is 24.2. The third-order valence-electron chi connectivity index (χ3n) is 10.9. The summed E-state index contributed by atoms with van der Waals surface area (Å²) in [7, 11) is 1.87. The van der Waals surface area contributed by atoms with E-state index in [4.69, 9.17) is 10.5 Å². The van der Waals surface area contributed by atoms with Crippen molar-refractivity contribution in [3.8, 4) is 11.1 Å². The SMILES string of the molecule is CCN1C(C(N)=O)=NC2CN(Cc3ccc(C(=O)N(C)CCN4CC5CC(OC(=O)Nc6ccccc6-c6ccccc6)CC5C4)cc3)CC21. The molecule has 1 aliphatic carbocycles. The van der Waals surface area contributed by atoms with Crippen LogP contribution < -0.4 is 11.1 Å². The number of fused-ring (bicyclic) bond motifs is 2. The molecule has 1 saturated carbocycles. The third kappa shape index (κ3) is 7.25. The number of anilines is 1. The first kappa shape index (κ1) is 33.7. The van der Waals surface area contributed by atoms with Gasteiger partial charge in [0.05, 0.1) is 17.8 Å². The summed E-state index contributed by atoms with van der Waals surface area (Å²) < 4.78 is 5.89. The van der Waals surface area contributed by atoms with E-state index in [-0.39, 0.29) is 24.1 Å². The molecular formula is C39H47N7O4. The van der Waals surface area contributed by atoms with Gasteiger partial charge in [-0.15, -0.1) is 0 Å². The lowest BCUT2D eigenvalue weighted by atomic mass is 10.0. The number of hydrogen-bond donors (Lipinski definition) is 2. The number of nitrogens with zero attached hydrogens (tertiary/aromatic N) is 5. The molecule has 3 heterocycles. The molecule has 4 atom stereocenters. The van der Waals surface area contributed by atoms with E-state index in [0.29, 0.717) is 36.3 Å². The van der Waals surface area contributed by atoms with E-state index in [9.17, 15) is 14.4 Å². The highest BCUT2D eigenvalue weighted by Crippen LogP contribution is 2.39. The number of benzene rings is 3. The number of amidine groups is 1. The lowest BCUT2D eigenvalue weighted by Gasteiger charge is -2.25. The van der Waals surface area contributed by atoms with Crippen LogP contribution in [0.2, 0.25) is 0 Å². The fraction of sp³-hybridized carbons (Fsp3) is 0.436. The lowest BCUT2D eigenvalue weighted by molar-refractivity contribution is -0.112. The van der Waals surface area contributed by atoms with Crippen LogP contribution >= 0.6 is 0 Å². The average molecular weight is 678 g/mol. The molecule has 3 aromatic rings. The molecule has 262 valence electrons. The van der Waals surface area contributed by atoms with Crippen LogP contribution in [0.25, 0.3) is 11.1 Å². The van der Waals surface area contributed by atoms with Gasteiger partial charge in [0.2, 0.25) is 0 Å². The fourth-order valence-corrected chi connectivity index (χ4v) is 8.38. The second kappa shape index (κ2) is 14.6. The number of hydrogen-bond acceptors (Lipinski definition) is 8. The maximum atomic E-state index is 13.3. The van der Waals surface area contributed by atoms with Crippen molar-refractivity contribution in [2.24, 2.45) is 22.6 Å². The van der Waals surface area contributed by atoms with Gasteiger partial charge in [-0.2, -0.15) is 0 Å². The van der Waals surface area contributed by atoms with Crippen molar-refractivity contribution in [1.82, 2.24) is 19.6 Å². The summed E-state index contributed by atoms with van der Waals surface area (Å²) in [5, 5.41) is 2.97. The van der Waals surface area contributed by atoms with Gasteiger partial charge in [0.1, 0.15) is 6.10 Å². The Balaban J connectivity index is 0.831. The number of carbonyl (C=O) groups is 3. The van der Waals surface area contributed by atoms with E-state index in [1.807, 2.05) is 103 Å². The second-order valence-electron chi connectivity index (χ2n) is 14.2. The molecule has 0 spiro atoms. The van der Waals surface area contributed by atoms with Crippen LogP contribution in [-0.4, -0.2) is 114 Å². The molecule has 11 heteroatoms. The smallest absolute Gasteiger partial charge is 0.411 e. The number of likely N-dealkylation sites (N-methyl/N-ethyl adjacent to an activating group) is 2. The van der Waals surface area contributed by atoms with Gasteiger partial charge in [0.25, 0.3) is 11.8 Å². The molecule has 3 fully saturated rings. The number of likely N-dealkylation sites (tertiary alicyclic amines) is 2. The Morgan fingerprint density at radius 1 is 0.900 bits per heavy atom. The van der Waals surface area contributed by atoms with Crippen molar-refractivity contribution in [2.45, 2.75) is 44.5 Å². The quantitative estimate of drug-likeness (QED) is 0.313. The summed E-state index contributed by atoms with van der Waals surface area (Å²) >= 11 is 0.